The Bertz CT molecular complexity index is 565. The normalized spacial score (nSPS) is 18.8. The van der Waals surface area contributed by atoms with Crippen LogP contribution in [0.4, 0.5) is 5.82 Å². The Morgan fingerprint density at radius 1 is 1.16 bits per heavy atom. The molecule has 1 aliphatic heterocycles. The van der Waals surface area contributed by atoms with E-state index in [0.717, 1.165) is 22.5 Å². The predicted octanol–water partition coefficient (Wildman–Crippen LogP) is 4.49. The molecule has 1 aromatic heterocycles. The molecule has 0 spiro atoms. The number of aryl methyl sites for hydroxylation is 1. The summed E-state index contributed by atoms with van der Waals surface area (Å²) in [5.41, 5.74) is 2.46. The molecule has 2 nitrogen and oxygen atoms in total. The first kappa shape index (κ1) is 12.7. The van der Waals surface area contributed by atoms with Gasteiger partial charge in [0.05, 0.1) is 6.04 Å². The van der Waals surface area contributed by atoms with Crippen LogP contribution >= 0.6 is 15.9 Å². The molecule has 0 saturated carbocycles. The highest BCUT2D eigenvalue weighted by molar-refractivity contribution is 9.10. The topological polar surface area (TPSA) is 16.1 Å². The molecule has 1 atom stereocenters. The van der Waals surface area contributed by atoms with Crippen LogP contribution in [0.25, 0.3) is 0 Å². The van der Waals surface area contributed by atoms with Crippen molar-refractivity contribution in [2.45, 2.75) is 25.8 Å². The first-order valence-corrected chi connectivity index (χ1v) is 7.49. The third kappa shape index (κ3) is 2.66. The van der Waals surface area contributed by atoms with Gasteiger partial charge in [-0.15, -0.1) is 0 Å². The third-order valence-corrected chi connectivity index (χ3v) is 4.20. The van der Waals surface area contributed by atoms with Crippen molar-refractivity contribution in [3.05, 3.63) is 58.2 Å². The molecule has 2 heterocycles. The van der Waals surface area contributed by atoms with Gasteiger partial charge in [-0.2, -0.15) is 0 Å². The molecule has 0 bridgehead atoms. The number of aromatic nitrogens is 1. The molecule has 2 aromatic rings. The molecule has 3 heteroatoms. The van der Waals surface area contributed by atoms with Crippen LogP contribution in [-0.4, -0.2) is 11.5 Å². The molecule has 0 aliphatic carbocycles. The van der Waals surface area contributed by atoms with Crippen molar-refractivity contribution in [3.8, 4) is 0 Å². The number of benzene rings is 1. The van der Waals surface area contributed by atoms with Crippen LogP contribution in [-0.2, 0) is 0 Å². The minimum absolute atomic E-state index is 0.461. The van der Waals surface area contributed by atoms with E-state index in [0.29, 0.717) is 6.04 Å². The maximum Gasteiger partial charge on any atom is 0.129 e. The van der Waals surface area contributed by atoms with E-state index < -0.39 is 0 Å². The van der Waals surface area contributed by atoms with Crippen LogP contribution in [0.2, 0.25) is 0 Å². The molecule has 0 radical (unpaired) electrons. The minimum atomic E-state index is 0.461. The lowest BCUT2D eigenvalue weighted by molar-refractivity contribution is 0.710. The molecule has 1 saturated heterocycles. The molecular formula is C16H17BrN2. The van der Waals surface area contributed by atoms with Gasteiger partial charge in [-0.05, 0) is 49.6 Å². The Kier molecular flexibility index (Phi) is 3.56. The minimum Gasteiger partial charge on any atom is -0.350 e. The largest absolute Gasteiger partial charge is 0.350 e. The zero-order valence-corrected chi connectivity index (χ0v) is 12.6. The standard InChI is InChI=1S/C16H17BrN2/c1-12-4-2-6-16(18-12)19-11-3-5-15(19)13-7-9-14(17)10-8-13/h2,4,6-10,15H,3,5,11H2,1H3. The highest BCUT2D eigenvalue weighted by Crippen LogP contribution is 2.35. The van der Waals surface area contributed by atoms with E-state index in [1.165, 1.54) is 18.4 Å². The Hall–Kier alpha value is -1.35. The Labute approximate surface area is 122 Å². The summed E-state index contributed by atoms with van der Waals surface area (Å²) in [7, 11) is 0. The lowest BCUT2D eigenvalue weighted by Crippen LogP contribution is -2.23. The van der Waals surface area contributed by atoms with Crippen molar-refractivity contribution in [1.82, 2.24) is 4.98 Å². The van der Waals surface area contributed by atoms with Crippen molar-refractivity contribution in [2.75, 3.05) is 11.4 Å². The van der Waals surface area contributed by atoms with Gasteiger partial charge in [0.1, 0.15) is 5.82 Å². The van der Waals surface area contributed by atoms with E-state index in [9.17, 15) is 0 Å². The SMILES string of the molecule is Cc1cccc(N2CCCC2c2ccc(Br)cc2)n1. The molecule has 98 valence electrons. The molecule has 19 heavy (non-hydrogen) atoms. The second kappa shape index (κ2) is 5.33. The number of nitrogens with zero attached hydrogens (tertiary/aromatic N) is 2. The van der Waals surface area contributed by atoms with Crippen LogP contribution in [0.5, 0.6) is 0 Å². The van der Waals surface area contributed by atoms with E-state index in [-0.39, 0.29) is 0 Å². The second-order valence-corrected chi connectivity index (χ2v) is 5.96. The number of anilines is 1. The van der Waals surface area contributed by atoms with Crippen LogP contribution in [0, 0.1) is 6.92 Å². The van der Waals surface area contributed by atoms with Crippen LogP contribution in [0.15, 0.2) is 46.9 Å². The van der Waals surface area contributed by atoms with Crippen LogP contribution in [0.1, 0.15) is 30.1 Å². The van der Waals surface area contributed by atoms with Gasteiger partial charge in [0, 0.05) is 16.7 Å². The second-order valence-electron chi connectivity index (χ2n) is 5.04. The van der Waals surface area contributed by atoms with Crippen molar-refractivity contribution in [2.24, 2.45) is 0 Å². The Morgan fingerprint density at radius 3 is 2.68 bits per heavy atom. The fourth-order valence-corrected chi connectivity index (χ4v) is 3.03. The molecule has 1 unspecified atom stereocenters. The van der Waals surface area contributed by atoms with Crippen molar-refractivity contribution in [1.29, 1.82) is 0 Å². The summed E-state index contributed by atoms with van der Waals surface area (Å²) in [6.07, 6.45) is 2.44. The smallest absolute Gasteiger partial charge is 0.129 e. The number of pyridine rings is 1. The van der Waals surface area contributed by atoms with Crippen molar-refractivity contribution in [3.63, 3.8) is 0 Å². The molecular weight excluding hydrogens is 300 g/mol. The van der Waals surface area contributed by atoms with Gasteiger partial charge in [0.2, 0.25) is 0 Å². The first-order valence-electron chi connectivity index (χ1n) is 6.70. The lowest BCUT2D eigenvalue weighted by Gasteiger charge is -2.26. The molecule has 1 aromatic carbocycles. The number of rotatable bonds is 2. The summed E-state index contributed by atoms with van der Waals surface area (Å²) in [6, 6.07) is 15.4. The van der Waals surface area contributed by atoms with Crippen molar-refractivity contribution >= 4 is 21.7 Å². The zero-order valence-electron chi connectivity index (χ0n) is 11.0. The highest BCUT2D eigenvalue weighted by atomic mass is 79.9. The van der Waals surface area contributed by atoms with E-state index in [1.807, 2.05) is 13.0 Å². The lowest BCUT2D eigenvalue weighted by atomic mass is 10.0. The van der Waals surface area contributed by atoms with Gasteiger partial charge in [0.15, 0.2) is 0 Å². The van der Waals surface area contributed by atoms with E-state index in [1.54, 1.807) is 0 Å². The monoisotopic (exact) mass is 316 g/mol. The molecule has 1 aliphatic rings. The van der Waals surface area contributed by atoms with E-state index in [2.05, 4.69) is 62.2 Å². The molecule has 1 fully saturated rings. The molecule has 0 amide bonds. The average Bonchev–Trinajstić information content (AvgIpc) is 2.89. The predicted molar refractivity (Wildman–Crippen MR) is 82.4 cm³/mol. The van der Waals surface area contributed by atoms with Crippen molar-refractivity contribution < 1.29 is 0 Å². The van der Waals surface area contributed by atoms with Crippen LogP contribution < -0.4 is 4.90 Å². The Morgan fingerprint density at radius 2 is 1.95 bits per heavy atom. The average molecular weight is 317 g/mol. The van der Waals surface area contributed by atoms with Gasteiger partial charge < -0.3 is 4.90 Å². The van der Waals surface area contributed by atoms with Crippen LogP contribution in [0.3, 0.4) is 0 Å². The first-order chi connectivity index (χ1) is 9.24. The summed E-state index contributed by atoms with van der Waals surface area (Å²) in [5, 5.41) is 0. The quantitative estimate of drug-likeness (QED) is 0.811. The molecule has 0 N–H and O–H groups in total. The Balaban J connectivity index is 1.91. The number of hydrogen-bond donors (Lipinski definition) is 0. The summed E-state index contributed by atoms with van der Waals surface area (Å²) < 4.78 is 1.13. The number of hydrogen-bond acceptors (Lipinski definition) is 2. The van der Waals surface area contributed by atoms with Gasteiger partial charge >= 0.3 is 0 Å². The summed E-state index contributed by atoms with van der Waals surface area (Å²) in [4.78, 5) is 7.09. The summed E-state index contributed by atoms with van der Waals surface area (Å²) >= 11 is 3.50. The van der Waals surface area contributed by atoms with Gasteiger partial charge in [-0.1, -0.05) is 34.1 Å². The van der Waals surface area contributed by atoms with Gasteiger partial charge in [-0.25, -0.2) is 4.98 Å². The fraction of sp³-hybridized carbons (Fsp3) is 0.312. The summed E-state index contributed by atoms with van der Waals surface area (Å²) in [5.74, 6) is 1.10. The van der Waals surface area contributed by atoms with E-state index >= 15 is 0 Å². The third-order valence-electron chi connectivity index (χ3n) is 3.68. The highest BCUT2D eigenvalue weighted by Gasteiger charge is 2.26. The van der Waals surface area contributed by atoms with E-state index in [4.69, 9.17) is 0 Å². The maximum atomic E-state index is 4.67. The number of halogens is 1. The summed E-state index contributed by atoms with van der Waals surface area (Å²) in [6.45, 7) is 3.14. The zero-order chi connectivity index (χ0) is 13.2. The fourth-order valence-electron chi connectivity index (χ4n) is 2.76. The molecule has 3 rings (SSSR count). The maximum absolute atomic E-state index is 4.67. The van der Waals surface area contributed by atoms with Gasteiger partial charge in [-0.3, -0.25) is 0 Å². The van der Waals surface area contributed by atoms with Gasteiger partial charge in [0.25, 0.3) is 0 Å².